The second-order valence-electron chi connectivity index (χ2n) is 7.26. The van der Waals surface area contributed by atoms with Crippen LogP contribution in [0, 0.1) is 0 Å². The summed E-state index contributed by atoms with van der Waals surface area (Å²) in [5.41, 5.74) is 4.20. The van der Waals surface area contributed by atoms with E-state index in [1.54, 1.807) is 0 Å². The topological polar surface area (TPSA) is 65.6 Å². The molecule has 0 saturated carbocycles. The number of nitrogens with zero attached hydrogens (tertiary/aromatic N) is 6. The van der Waals surface area contributed by atoms with E-state index in [9.17, 15) is 0 Å². The van der Waals surface area contributed by atoms with Gasteiger partial charge in [-0.25, -0.2) is 4.98 Å². The molecule has 0 amide bonds. The molecule has 0 unspecified atom stereocenters. The fourth-order valence-electron chi connectivity index (χ4n) is 3.35. The molecule has 32 heavy (non-hydrogen) atoms. The standard InChI is InChI=1S/C24H26N6S2/c1-4-7-17-8-10-18(11-9-17)26-28-22-16-21-23(32-22)25-24(31-21)29-27-19-12-14-20(15-13-19)30(5-2)6-3/h8-16H,4-7H2,1-3H3. The quantitative estimate of drug-likeness (QED) is 0.233. The number of anilines is 1. The number of hydrogen-bond donors (Lipinski definition) is 0. The van der Waals surface area contributed by atoms with Crippen LogP contribution >= 0.6 is 22.7 Å². The van der Waals surface area contributed by atoms with E-state index < -0.39 is 0 Å². The lowest BCUT2D eigenvalue weighted by Gasteiger charge is -2.20. The molecule has 6 nitrogen and oxygen atoms in total. The van der Waals surface area contributed by atoms with E-state index in [0.717, 1.165) is 51.8 Å². The van der Waals surface area contributed by atoms with Gasteiger partial charge < -0.3 is 4.90 Å². The van der Waals surface area contributed by atoms with Gasteiger partial charge in [0.15, 0.2) is 0 Å². The van der Waals surface area contributed by atoms with Crippen molar-refractivity contribution in [1.29, 1.82) is 0 Å². The zero-order valence-corrected chi connectivity index (χ0v) is 20.2. The molecule has 4 rings (SSSR count). The van der Waals surface area contributed by atoms with Gasteiger partial charge >= 0.3 is 0 Å². The molecule has 8 heteroatoms. The Balaban J connectivity index is 1.41. The monoisotopic (exact) mass is 462 g/mol. The van der Waals surface area contributed by atoms with E-state index in [4.69, 9.17) is 0 Å². The largest absolute Gasteiger partial charge is 0.372 e. The lowest BCUT2D eigenvalue weighted by molar-refractivity contribution is 0.866. The van der Waals surface area contributed by atoms with Crippen molar-refractivity contribution in [3.05, 3.63) is 60.2 Å². The molecular weight excluding hydrogens is 436 g/mol. The lowest BCUT2D eigenvalue weighted by atomic mass is 10.1. The molecule has 0 aliphatic carbocycles. The molecule has 2 heterocycles. The smallest absolute Gasteiger partial charge is 0.231 e. The summed E-state index contributed by atoms with van der Waals surface area (Å²) in [4.78, 5) is 7.78. The fraction of sp³-hybridized carbons (Fsp3) is 0.292. The molecule has 4 aromatic rings. The SMILES string of the molecule is CCCc1ccc(N=Nc2cc3sc(N=Nc4ccc(N(CC)CC)cc4)nc3s2)cc1. The van der Waals surface area contributed by atoms with Crippen LogP contribution in [-0.4, -0.2) is 18.1 Å². The number of aryl methyl sites for hydroxylation is 1. The van der Waals surface area contributed by atoms with Crippen molar-refractivity contribution in [2.75, 3.05) is 18.0 Å². The highest BCUT2D eigenvalue weighted by molar-refractivity contribution is 7.30. The van der Waals surface area contributed by atoms with Crippen LogP contribution in [-0.2, 0) is 6.42 Å². The van der Waals surface area contributed by atoms with E-state index in [1.165, 1.54) is 33.9 Å². The van der Waals surface area contributed by atoms with Crippen molar-refractivity contribution >= 4 is 59.4 Å². The number of thiophene rings is 1. The van der Waals surface area contributed by atoms with Crippen molar-refractivity contribution in [3.63, 3.8) is 0 Å². The molecule has 0 saturated heterocycles. The van der Waals surface area contributed by atoms with Crippen LogP contribution in [0.25, 0.3) is 9.53 Å². The highest BCUT2D eigenvalue weighted by Gasteiger charge is 2.08. The number of aromatic nitrogens is 1. The Labute approximate surface area is 196 Å². The van der Waals surface area contributed by atoms with Crippen LogP contribution in [0.2, 0.25) is 0 Å². The molecule has 0 bridgehead atoms. The Morgan fingerprint density at radius 3 is 2.06 bits per heavy atom. The molecular formula is C24H26N6S2. The summed E-state index contributed by atoms with van der Waals surface area (Å²) in [6.45, 7) is 8.47. The van der Waals surface area contributed by atoms with Gasteiger partial charge in [0.05, 0.1) is 16.1 Å². The molecule has 0 aliphatic heterocycles. The molecule has 0 spiro atoms. The molecule has 0 fully saturated rings. The van der Waals surface area contributed by atoms with Gasteiger partial charge in [0.25, 0.3) is 0 Å². The van der Waals surface area contributed by atoms with E-state index in [0.29, 0.717) is 5.13 Å². The number of thiazole rings is 1. The van der Waals surface area contributed by atoms with Crippen LogP contribution in [0.1, 0.15) is 32.8 Å². The third kappa shape index (κ3) is 5.44. The highest BCUT2D eigenvalue weighted by Crippen LogP contribution is 2.39. The molecule has 0 aliphatic rings. The number of fused-ring (bicyclic) bond motifs is 1. The number of benzene rings is 2. The van der Waals surface area contributed by atoms with Crippen molar-refractivity contribution < 1.29 is 0 Å². The van der Waals surface area contributed by atoms with Crippen LogP contribution in [0.3, 0.4) is 0 Å². The van der Waals surface area contributed by atoms with Gasteiger partial charge in [-0.2, -0.15) is 0 Å². The highest BCUT2D eigenvalue weighted by atomic mass is 32.1. The van der Waals surface area contributed by atoms with E-state index >= 15 is 0 Å². The van der Waals surface area contributed by atoms with Crippen LogP contribution in [0.4, 0.5) is 27.2 Å². The van der Waals surface area contributed by atoms with Gasteiger partial charge in [-0.05, 0) is 68.3 Å². The summed E-state index contributed by atoms with van der Waals surface area (Å²) >= 11 is 3.02. The first kappa shape index (κ1) is 22.2. The Hall–Kier alpha value is -2.97. The molecule has 2 aromatic carbocycles. The summed E-state index contributed by atoms with van der Waals surface area (Å²) in [6.07, 6.45) is 2.23. The van der Waals surface area contributed by atoms with Crippen LogP contribution < -0.4 is 4.90 Å². The van der Waals surface area contributed by atoms with Crippen LogP contribution in [0.5, 0.6) is 0 Å². The zero-order valence-electron chi connectivity index (χ0n) is 18.5. The van der Waals surface area contributed by atoms with Gasteiger partial charge in [0, 0.05) is 18.8 Å². The maximum Gasteiger partial charge on any atom is 0.231 e. The number of rotatable bonds is 9. The molecule has 164 valence electrons. The number of hydrogen-bond acceptors (Lipinski definition) is 8. The van der Waals surface area contributed by atoms with E-state index in [1.807, 2.05) is 30.3 Å². The maximum atomic E-state index is 4.57. The summed E-state index contributed by atoms with van der Waals surface area (Å²) in [7, 11) is 0. The number of azo groups is 2. The summed E-state index contributed by atoms with van der Waals surface area (Å²) in [5, 5.41) is 18.9. The Kier molecular flexibility index (Phi) is 7.34. The maximum absolute atomic E-state index is 4.57. The van der Waals surface area contributed by atoms with Crippen molar-refractivity contribution in [1.82, 2.24) is 4.98 Å². The molecule has 2 aromatic heterocycles. The molecule has 0 radical (unpaired) electrons. The Morgan fingerprint density at radius 1 is 0.781 bits per heavy atom. The van der Waals surface area contributed by atoms with Crippen LogP contribution in [0.15, 0.2) is 75.1 Å². The first-order valence-electron chi connectivity index (χ1n) is 10.9. The average Bonchev–Trinajstić information content (AvgIpc) is 3.37. The molecule has 0 atom stereocenters. The van der Waals surface area contributed by atoms with Gasteiger partial charge in [0.2, 0.25) is 5.13 Å². The zero-order chi connectivity index (χ0) is 22.3. The average molecular weight is 463 g/mol. The van der Waals surface area contributed by atoms with E-state index in [-0.39, 0.29) is 0 Å². The normalized spacial score (nSPS) is 11.8. The fourth-order valence-corrected chi connectivity index (χ4v) is 5.20. The van der Waals surface area contributed by atoms with Crippen molar-refractivity contribution in [2.45, 2.75) is 33.6 Å². The third-order valence-corrected chi connectivity index (χ3v) is 6.96. The lowest BCUT2D eigenvalue weighted by Crippen LogP contribution is -2.21. The summed E-state index contributed by atoms with van der Waals surface area (Å²) in [6, 6.07) is 18.4. The summed E-state index contributed by atoms with van der Waals surface area (Å²) in [5.74, 6) is 0. The Morgan fingerprint density at radius 2 is 1.44 bits per heavy atom. The Bertz CT molecular complexity index is 1170. The first-order chi connectivity index (χ1) is 15.7. The minimum atomic E-state index is 0.647. The van der Waals surface area contributed by atoms with Crippen molar-refractivity contribution in [2.24, 2.45) is 20.5 Å². The van der Waals surface area contributed by atoms with Gasteiger partial charge in [-0.3, -0.25) is 0 Å². The predicted octanol–water partition coefficient (Wildman–Crippen LogP) is 8.99. The molecule has 0 N–H and O–H groups in total. The second kappa shape index (κ2) is 10.6. The third-order valence-electron chi connectivity index (χ3n) is 5.03. The second-order valence-corrected chi connectivity index (χ2v) is 9.27. The van der Waals surface area contributed by atoms with Gasteiger partial charge in [-0.15, -0.1) is 20.5 Å². The van der Waals surface area contributed by atoms with Gasteiger partial charge in [0.1, 0.15) is 9.83 Å². The summed E-state index contributed by atoms with van der Waals surface area (Å²) < 4.78 is 1.05. The minimum absolute atomic E-state index is 0.647. The predicted molar refractivity (Wildman–Crippen MR) is 136 cm³/mol. The first-order valence-corrected chi connectivity index (χ1v) is 12.5. The van der Waals surface area contributed by atoms with Crippen molar-refractivity contribution in [3.8, 4) is 0 Å². The minimum Gasteiger partial charge on any atom is -0.372 e. The van der Waals surface area contributed by atoms with E-state index in [2.05, 4.69) is 75.4 Å². The van der Waals surface area contributed by atoms with Gasteiger partial charge in [-0.1, -0.05) is 48.2 Å².